The van der Waals surface area contributed by atoms with Gasteiger partial charge in [-0.2, -0.15) is 0 Å². The summed E-state index contributed by atoms with van der Waals surface area (Å²) in [7, 11) is 5.05. The Labute approximate surface area is 263 Å². The van der Waals surface area contributed by atoms with Crippen LogP contribution in [0.4, 0.5) is 0 Å². The van der Waals surface area contributed by atoms with Crippen LogP contribution in [0.15, 0.2) is 41.7 Å². The molecule has 246 valence electrons. The minimum absolute atomic E-state index is 0.00985. The number of carbonyl (C=O) groups excluding carboxylic acids is 3. The summed E-state index contributed by atoms with van der Waals surface area (Å²) >= 11 is 0. The molecule has 10 heteroatoms. The number of hydrogen-bond donors (Lipinski definition) is 2. The Balaban J connectivity index is 1.98. The topological polar surface area (TPSA) is 125 Å². The highest BCUT2D eigenvalue weighted by atomic mass is 16.5. The maximum absolute atomic E-state index is 13.4. The fourth-order valence-electron chi connectivity index (χ4n) is 6.20. The molecular formula is C34H53N3O7. The summed E-state index contributed by atoms with van der Waals surface area (Å²) in [6.45, 7) is 8.16. The van der Waals surface area contributed by atoms with Crippen molar-refractivity contribution in [3.8, 4) is 0 Å². The molecule has 1 aliphatic heterocycles. The molecule has 1 aliphatic carbocycles. The number of likely N-dealkylation sites (tertiary alicyclic amines) is 1. The van der Waals surface area contributed by atoms with Crippen LogP contribution >= 0.6 is 0 Å². The van der Waals surface area contributed by atoms with Crippen molar-refractivity contribution < 1.29 is 33.8 Å². The number of allylic oxidation sites excluding steroid dienone is 4. The summed E-state index contributed by atoms with van der Waals surface area (Å²) in [5.74, 6) is -1.70. The largest absolute Gasteiger partial charge is 0.480 e. The first-order valence-electron chi connectivity index (χ1n) is 15.8. The van der Waals surface area contributed by atoms with Gasteiger partial charge in [0.25, 0.3) is 0 Å². The van der Waals surface area contributed by atoms with E-state index < -0.39 is 17.9 Å². The van der Waals surface area contributed by atoms with Crippen LogP contribution in [0.3, 0.4) is 0 Å². The summed E-state index contributed by atoms with van der Waals surface area (Å²) in [5.41, 5.74) is 3.71. The lowest BCUT2D eigenvalue weighted by Gasteiger charge is -2.37. The molecule has 0 spiro atoms. The Morgan fingerprint density at radius 3 is 2.52 bits per heavy atom. The molecule has 7 atom stereocenters. The van der Waals surface area contributed by atoms with Crippen molar-refractivity contribution in [3.63, 3.8) is 0 Å². The minimum Gasteiger partial charge on any atom is -0.480 e. The first-order valence-corrected chi connectivity index (χ1v) is 15.8. The number of methoxy groups -OCH3 is 2. The van der Waals surface area contributed by atoms with Gasteiger partial charge in [0, 0.05) is 53.5 Å². The van der Waals surface area contributed by atoms with Gasteiger partial charge in [0.15, 0.2) is 0 Å². The molecule has 1 heterocycles. The molecule has 0 saturated carbocycles. The van der Waals surface area contributed by atoms with Crippen molar-refractivity contribution in [2.45, 2.75) is 109 Å². The van der Waals surface area contributed by atoms with Gasteiger partial charge in [0.2, 0.25) is 17.7 Å². The fraction of sp³-hybridized carbons (Fsp3) is 0.676. The lowest BCUT2D eigenvalue weighted by atomic mass is 9.90. The van der Waals surface area contributed by atoms with E-state index >= 15 is 0 Å². The van der Waals surface area contributed by atoms with Crippen molar-refractivity contribution in [2.24, 2.45) is 11.8 Å². The third-order valence-corrected chi connectivity index (χ3v) is 9.06. The first-order chi connectivity index (χ1) is 20.9. The molecule has 0 aromatic heterocycles. The normalized spacial score (nSPS) is 20.2. The Morgan fingerprint density at radius 2 is 1.91 bits per heavy atom. The van der Waals surface area contributed by atoms with E-state index in [9.17, 15) is 24.3 Å². The number of ether oxygens (including phenoxy) is 2. The van der Waals surface area contributed by atoms with Gasteiger partial charge >= 0.3 is 5.97 Å². The molecule has 0 aromatic carbocycles. The number of carboxylic acid groups (broad SMARTS) is 1. The minimum atomic E-state index is -1.10. The molecule has 1 saturated heterocycles. The zero-order valence-corrected chi connectivity index (χ0v) is 27.6. The fourth-order valence-corrected chi connectivity index (χ4v) is 6.20. The number of likely N-dealkylation sites (N-methyl/N-ethyl adjacent to an activating group) is 1. The van der Waals surface area contributed by atoms with Crippen LogP contribution in [0, 0.1) is 11.8 Å². The Morgan fingerprint density at radius 1 is 1.18 bits per heavy atom. The zero-order chi connectivity index (χ0) is 32.8. The van der Waals surface area contributed by atoms with E-state index in [4.69, 9.17) is 9.47 Å². The number of aliphatic carboxylic acids is 1. The highest BCUT2D eigenvalue weighted by Crippen LogP contribution is 2.28. The predicted molar refractivity (Wildman–Crippen MR) is 170 cm³/mol. The first kappa shape index (κ1) is 37.0. The summed E-state index contributed by atoms with van der Waals surface area (Å²) < 4.78 is 11.6. The van der Waals surface area contributed by atoms with Crippen molar-refractivity contribution in [2.75, 3.05) is 27.8 Å². The third-order valence-electron chi connectivity index (χ3n) is 9.06. The maximum Gasteiger partial charge on any atom is 0.326 e. The van der Waals surface area contributed by atoms with Gasteiger partial charge in [0.1, 0.15) is 6.04 Å². The van der Waals surface area contributed by atoms with E-state index in [1.165, 1.54) is 0 Å². The summed E-state index contributed by atoms with van der Waals surface area (Å²) in [6, 6.07) is -1.30. The summed E-state index contributed by atoms with van der Waals surface area (Å²) in [5, 5.41) is 12.4. The lowest BCUT2D eigenvalue weighted by molar-refractivity contribution is -0.143. The van der Waals surface area contributed by atoms with Crippen LogP contribution in [0.1, 0.15) is 79.1 Å². The van der Waals surface area contributed by atoms with Crippen molar-refractivity contribution in [1.29, 1.82) is 0 Å². The van der Waals surface area contributed by atoms with Gasteiger partial charge in [-0.3, -0.25) is 14.4 Å². The van der Waals surface area contributed by atoms with Crippen LogP contribution in [0.5, 0.6) is 0 Å². The molecule has 1 fully saturated rings. The molecule has 2 N–H and O–H groups in total. The highest BCUT2D eigenvalue weighted by molar-refractivity contribution is 5.85. The van der Waals surface area contributed by atoms with E-state index in [1.54, 1.807) is 70.4 Å². The Bertz CT molecular complexity index is 1110. The van der Waals surface area contributed by atoms with Crippen molar-refractivity contribution >= 4 is 23.7 Å². The lowest BCUT2D eigenvalue weighted by Crippen LogP contribution is -2.48. The van der Waals surface area contributed by atoms with Gasteiger partial charge in [-0.25, -0.2) is 4.79 Å². The van der Waals surface area contributed by atoms with Gasteiger partial charge in [-0.05, 0) is 55.7 Å². The summed E-state index contributed by atoms with van der Waals surface area (Å²) in [6.07, 6.45) is 13.0. The molecule has 44 heavy (non-hydrogen) atoms. The van der Waals surface area contributed by atoms with Gasteiger partial charge in [0.05, 0.1) is 24.3 Å². The average Bonchev–Trinajstić information content (AvgIpc) is 3.35. The number of rotatable bonds is 18. The van der Waals surface area contributed by atoms with E-state index in [0.717, 1.165) is 24.8 Å². The molecular weight excluding hydrogens is 562 g/mol. The standard InChI is InChI=1S/C34H53N3O7/c1-8-23(2)32(36(5)25(4)38)29(43-6)18-13-19-31(39)37-20-14-17-28(37)30(44-7)21-24(3)33(40)35-27(34(41)42)22-26-15-11-9-10-12-16-26/h9-11,15-16,23-24,27-30,32H,8,13-14,17-22H2,1-7H3,(H,35,40)(H,41,42). The van der Waals surface area contributed by atoms with Crippen LogP contribution < -0.4 is 5.32 Å². The molecule has 2 aliphatic rings. The van der Waals surface area contributed by atoms with E-state index in [1.807, 2.05) is 4.90 Å². The molecule has 0 radical (unpaired) electrons. The average molecular weight is 616 g/mol. The monoisotopic (exact) mass is 615 g/mol. The molecule has 0 aromatic rings. The second-order valence-electron chi connectivity index (χ2n) is 12.1. The molecule has 0 bridgehead atoms. The second-order valence-corrected chi connectivity index (χ2v) is 12.1. The van der Waals surface area contributed by atoms with E-state index in [0.29, 0.717) is 32.2 Å². The molecule has 10 nitrogen and oxygen atoms in total. The summed E-state index contributed by atoms with van der Waals surface area (Å²) in [4.78, 5) is 54.2. The van der Waals surface area contributed by atoms with Crippen LogP contribution in [0.25, 0.3) is 0 Å². The smallest absolute Gasteiger partial charge is 0.326 e. The van der Waals surface area contributed by atoms with Crippen LogP contribution in [-0.4, -0.2) is 96.7 Å². The second kappa shape index (κ2) is 18.6. The third kappa shape index (κ3) is 10.8. The zero-order valence-electron chi connectivity index (χ0n) is 27.6. The SMILES string of the molecule is CCC(C)C(C(CCCC(=O)N1CCCC1C(CC(C)C(=O)NC(CC1=CC=CC=C=C1)C(=O)O)OC)OC)N(C)C(C)=O. The van der Waals surface area contributed by atoms with Crippen molar-refractivity contribution in [3.05, 3.63) is 41.7 Å². The quantitative estimate of drug-likeness (QED) is 0.221. The molecule has 7 unspecified atom stereocenters. The number of hydrogen-bond acceptors (Lipinski definition) is 6. The molecule has 2 rings (SSSR count). The number of nitrogens with one attached hydrogen (secondary N) is 1. The van der Waals surface area contributed by atoms with Crippen LogP contribution in [0.2, 0.25) is 0 Å². The van der Waals surface area contributed by atoms with Crippen molar-refractivity contribution in [1.82, 2.24) is 15.1 Å². The maximum atomic E-state index is 13.4. The number of amides is 3. The van der Waals surface area contributed by atoms with Gasteiger partial charge in [-0.15, -0.1) is 5.73 Å². The molecule has 3 amide bonds. The van der Waals surface area contributed by atoms with E-state index in [2.05, 4.69) is 24.9 Å². The highest BCUT2D eigenvalue weighted by Gasteiger charge is 2.37. The number of carbonyl (C=O) groups is 4. The van der Waals surface area contributed by atoms with Gasteiger partial charge < -0.3 is 29.7 Å². The predicted octanol–water partition coefficient (Wildman–Crippen LogP) is 4.26. The number of carboxylic acids is 1. The number of nitrogens with zero attached hydrogens (tertiary/aromatic N) is 2. The van der Waals surface area contributed by atoms with Crippen LogP contribution in [-0.2, 0) is 28.7 Å². The Kier molecular flexibility index (Phi) is 15.6. The Hall–Kier alpha value is -3.20. The van der Waals surface area contributed by atoms with E-state index in [-0.39, 0.29) is 54.4 Å². The van der Waals surface area contributed by atoms with Gasteiger partial charge in [-0.1, -0.05) is 45.4 Å².